The zero-order chi connectivity index (χ0) is 21.4. The van der Waals surface area contributed by atoms with Gasteiger partial charge >= 0.3 is 12.1 Å². The molecule has 1 aromatic carbocycles. The summed E-state index contributed by atoms with van der Waals surface area (Å²) in [6.45, 7) is -1.06. The highest BCUT2D eigenvalue weighted by Gasteiger charge is 2.58. The molecule has 6 nitrogen and oxygen atoms in total. The predicted octanol–water partition coefficient (Wildman–Crippen LogP) is 3.67. The highest BCUT2D eigenvalue weighted by atomic mass is 79.9. The maximum Gasteiger partial charge on any atom is 0.416 e. The molecule has 0 radical (unpaired) electrons. The van der Waals surface area contributed by atoms with E-state index in [9.17, 15) is 22.7 Å². The molecule has 2 heterocycles. The second-order valence-electron chi connectivity index (χ2n) is 6.00. The van der Waals surface area contributed by atoms with Crippen LogP contribution in [0.5, 0.6) is 0 Å². The minimum Gasteiger partial charge on any atom is -0.377 e. The van der Waals surface area contributed by atoms with Crippen LogP contribution in [-0.2, 0) is 24.2 Å². The van der Waals surface area contributed by atoms with E-state index in [0.717, 1.165) is 18.6 Å². The van der Waals surface area contributed by atoms with E-state index in [0.29, 0.717) is 21.3 Å². The van der Waals surface area contributed by atoms with Crippen LogP contribution in [0.2, 0.25) is 0 Å². The Morgan fingerprint density at radius 3 is 2.31 bits per heavy atom. The predicted molar refractivity (Wildman–Crippen MR) is 88.9 cm³/mol. The zero-order valence-corrected chi connectivity index (χ0v) is 15.7. The summed E-state index contributed by atoms with van der Waals surface area (Å²) in [4.78, 5) is 3.54. The zero-order valence-electron chi connectivity index (χ0n) is 14.1. The molecule has 13 heteroatoms. The molecule has 2 aromatic heterocycles. The number of aromatic nitrogens is 5. The quantitative estimate of drug-likeness (QED) is 0.562. The van der Waals surface area contributed by atoms with Crippen molar-refractivity contribution in [3.05, 3.63) is 70.0 Å². The van der Waals surface area contributed by atoms with Crippen LogP contribution >= 0.6 is 15.9 Å². The van der Waals surface area contributed by atoms with Crippen LogP contribution in [0, 0.1) is 5.82 Å². The molecule has 29 heavy (non-hydrogen) atoms. The smallest absolute Gasteiger partial charge is 0.377 e. The van der Waals surface area contributed by atoms with Crippen LogP contribution in [-0.4, -0.2) is 30.3 Å². The molecule has 0 aliphatic heterocycles. The first-order valence-electron chi connectivity index (χ1n) is 7.75. The van der Waals surface area contributed by atoms with Gasteiger partial charge in [-0.25, -0.2) is 9.07 Å². The Labute approximate surface area is 167 Å². The van der Waals surface area contributed by atoms with Crippen LogP contribution in [0.3, 0.4) is 0 Å². The van der Waals surface area contributed by atoms with Gasteiger partial charge in [0.15, 0.2) is 5.60 Å². The number of aliphatic hydroxyl groups is 1. The van der Waals surface area contributed by atoms with E-state index in [-0.39, 0.29) is 6.07 Å². The summed E-state index contributed by atoms with van der Waals surface area (Å²) in [7, 11) is 0. The highest BCUT2D eigenvalue weighted by Crippen LogP contribution is 2.47. The molecule has 0 spiro atoms. The lowest BCUT2D eigenvalue weighted by molar-refractivity contribution is -0.207. The summed E-state index contributed by atoms with van der Waals surface area (Å²) in [5.41, 5.74) is -6.77. The number of benzene rings is 1. The third-order valence-corrected chi connectivity index (χ3v) is 4.56. The van der Waals surface area contributed by atoms with Crippen molar-refractivity contribution < 1.29 is 31.4 Å². The number of pyridine rings is 1. The molecule has 3 aromatic rings. The molecule has 0 bridgehead atoms. The molecule has 1 N–H and O–H groups in total. The minimum atomic E-state index is -4.90. The second-order valence-corrected chi connectivity index (χ2v) is 6.91. The molecule has 3 rings (SSSR count). The maximum absolute atomic E-state index is 15.3. The number of rotatable bonds is 5. The summed E-state index contributed by atoms with van der Waals surface area (Å²) >= 11 is 3.03. The first-order valence-corrected chi connectivity index (χ1v) is 8.54. The molecule has 1 unspecified atom stereocenters. The number of alkyl halides is 5. The Kier molecular flexibility index (Phi) is 5.38. The summed E-state index contributed by atoms with van der Waals surface area (Å²) < 4.78 is 84.7. The second kappa shape index (κ2) is 7.37. The highest BCUT2D eigenvalue weighted by molar-refractivity contribution is 9.10. The van der Waals surface area contributed by atoms with Gasteiger partial charge in [0.25, 0.3) is 0 Å². The molecule has 1 atom stereocenters. The van der Waals surface area contributed by atoms with Gasteiger partial charge in [0.2, 0.25) is 0 Å². The van der Waals surface area contributed by atoms with Crippen LogP contribution in [0.4, 0.5) is 26.3 Å². The Hall–Kier alpha value is -2.54. The SMILES string of the molecule is OC(Cn1cnnn1)(c1ccc(C(F)(F)F)cc1F)C(F)(F)c1ccc(Br)cn1. The molecule has 154 valence electrons. The molecule has 0 fully saturated rings. The van der Waals surface area contributed by atoms with Crippen LogP contribution in [0.15, 0.2) is 47.3 Å². The number of hydrogen-bond donors (Lipinski definition) is 1. The number of tetrazole rings is 1. The topological polar surface area (TPSA) is 76.7 Å². The number of nitrogens with zero attached hydrogens (tertiary/aromatic N) is 5. The van der Waals surface area contributed by atoms with E-state index < -0.39 is 46.9 Å². The van der Waals surface area contributed by atoms with Crippen LogP contribution in [0.25, 0.3) is 0 Å². The maximum atomic E-state index is 15.3. The summed E-state index contributed by atoms with van der Waals surface area (Å²) in [5, 5.41) is 20.8. The van der Waals surface area contributed by atoms with Gasteiger partial charge in [0.05, 0.1) is 12.1 Å². The van der Waals surface area contributed by atoms with Crippen molar-refractivity contribution in [2.45, 2.75) is 24.2 Å². The van der Waals surface area contributed by atoms with E-state index in [4.69, 9.17) is 0 Å². The molecule has 0 saturated carbocycles. The van der Waals surface area contributed by atoms with E-state index in [1.54, 1.807) is 0 Å². The molecule has 0 aliphatic carbocycles. The molecule has 0 saturated heterocycles. The van der Waals surface area contributed by atoms with Gasteiger partial charge < -0.3 is 5.11 Å². The fourth-order valence-corrected chi connectivity index (χ4v) is 2.88. The lowest BCUT2D eigenvalue weighted by atomic mass is 9.84. The van der Waals surface area contributed by atoms with Gasteiger partial charge in [-0.15, -0.1) is 5.10 Å². The van der Waals surface area contributed by atoms with Crippen molar-refractivity contribution in [2.75, 3.05) is 0 Å². The first-order chi connectivity index (χ1) is 13.4. The average molecular weight is 482 g/mol. The largest absolute Gasteiger partial charge is 0.416 e. The summed E-state index contributed by atoms with van der Waals surface area (Å²) in [5.74, 6) is -5.91. The van der Waals surface area contributed by atoms with E-state index in [1.807, 2.05) is 0 Å². The van der Waals surface area contributed by atoms with Crippen molar-refractivity contribution in [3.8, 4) is 0 Å². The van der Waals surface area contributed by atoms with Crippen molar-refractivity contribution in [3.63, 3.8) is 0 Å². The molecule has 0 amide bonds. The Balaban J connectivity index is 2.17. The van der Waals surface area contributed by atoms with Crippen molar-refractivity contribution in [1.29, 1.82) is 0 Å². The molecule has 0 aliphatic rings. The monoisotopic (exact) mass is 481 g/mol. The Morgan fingerprint density at radius 1 is 1.07 bits per heavy atom. The van der Waals surface area contributed by atoms with Crippen molar-refractivity contribution in [2.24, 2.45) is 0 Å². The van der Waals surface area contributed by atoms with E-state index in [2.05, 4.69) is 36.4 Å². The average Bonchev–Trinajstić information content (AvgIpc) is 3.13. The normalized spacial score (nSPS) is 14.6. The molecular weight excluding hydrogens is 472 g/mol. The fourth-order valence-electron chi connectivity index (χ4n) is 2.64. The van der Waals surface area contributed by atoms with Crippen LogP contribution < -0.4 is 0 Å². The number of halogens is 7. The summed E-state index contributed by atoms with van der Waals surface area (Å²) in [6.07, 6.45) is -2.98. The van der Waals surface area contributed by atoms with Gasteiger partial charge in [-0.3, -0.25) is 4.98 Å². The minimum absolute atomic E-state index is 0.0327. The number of hydrogen-bond acceptors (Lipinski definition) is 5. The Bertz CT molecular complexity index is 996. The first kappa shape index (κ1) is 21.2. The van der Waals surface area contributed by atoms with Crippen LogP contribution in [0.1, 0.15) is 16.8 Å². The van der Waals surface area contributed by atoms with Gasteiger partial charge in [0.1, 0.15) is 17.8 Å². The van der Waals surface area contributed by atoms with Crippen molar-refractivity contribution in [1.82, 2.24) is 25.2 Å². The van der Waals surface area contributed by atoms with Crippen molar-refractivity contribution >= 4 is 15.9 Å². The lowest BCUT2D eigenvalue weighted by Crippen LogP contribution is -2.48. The fraction of sp³-hybridized carbons (Fsp3) is 0.250. The lowest BCUT2D eigenvalue weighted by Gasteiger charge is -2.35. The Morgan fingerprint density at radius 2 is 1.79 bits per heavy atom. The third-order valence-electron chi connectivity index (χ3n) is 4.09. The van der Waals surface area contributed by atoms with Gasteiger partial charge in [0, 0.05) is 16.2 Å². The molecular formula is C16H10BrF6N5O. The van der Waals surface area contributed by atoms with Gasteiger partial charge in [-0.2, -0.15) is 22.0 Å². The van der Waals surface area contributed by atoms with Gasteiger partial charge in [-0.1, -0.05) is 6.07 Å². The van der Waals surface area contributed by atoms with Gasteiger partial charge in [-0.05, 0) is 50.6 Å². The van der Waals surface area contributed by atoms with E-state index >= 15 is 8.78 Å². The standard InChI is InChI=1S/C16H10BrF6N5O/c17-10-2-4-13(24-6-10)15(19,20)14(29,7-28-8-25-26-27-28)11-3-1-9(5-12(11)18)16(21,22)23/h1-6,8,29H,7H2. The van der Waals surface area contributed by atoms with E-state index in [1.165, 1.54) is 6.07 Å². The third kappa shape index (κ3) is 3.96. The summed E-state index contributed by atoms with van der Waals surface area (Å²) in [6, 6.07) is 2.99.